The van der Waals surface area contributed by atoms with Crippen molar-refractivity contribution in [3.8, 4) is 5.75 Å². The van der Waals surface area contributed by atoms with Gasteiger partial charge in [0.05, 0.1) is 32.5 Å². The van der Waals surface area contributed by atoms with Crippen LogP contribution < -0.4 is 15.4 Å². The summed E-state index contributed by atoms with van der Waals surface area (Å²) in [4.78, 5) is 4.62. The van der Waals surface area contributed by atoms with Crippen molar-refractivity contribution >= 4 is 5.96 Å². The van der Waals surface area contributed by atoms with Gasteiger partial charge in [-0.05, 0) is 38.0 Å². The molecule has 1 unspecified atom stereocenters. The Morgan fingerprint density at radius 3 is 2.62 bits per heavy atom. The lowest BCUT2D eigenvalue weighted by atomic mass is 10.1. The lowest BCUT2D eigenvalue weighted by Gasteiger charge is -2.16. The fraction of sp³-hybridized carbons (Fsp3) is 0.435. The zero-order valence-corrected chi connectivity index (χ0v) is 17.6. The highest BCUT2D eigenvalue weighted by molar-refractivity contribution is 5.79. The molecule has 0 fully saturated rings. The summed E-state index contributed by atoms with van der Waals surface area (Å²) in [6.07, 6.45) is -0.624. The third-order valence-electron chi connectivity index (χ3n) is 4.20. The van der Waals surface area contributed by atoms with Crippen molar-refractivity contribution in [3.63, 3.8) is 0 Å². The van der Waals surface area contributed by atoms with Gasteiger partial charge in [-0.3, -0.25) is 0 Å². The molecule has 0 aliphatic heterocycles. The molecule has 29 heavy (non-hydrogen) atoms. The number of aryl methyl sites for hydroxylation is 1. The first-order valence-corrected chi connectivity index (χ1v) is 10.2. The van der Waals surface area contributed by atoms with Gasteiger partial charge in [0, 0.05) is 18.7 Å². The Morgan fingerprint density at radius 1 is 1.10 bits per heavy atom. The quantitative estimate of drug-likeness (QED) is 0.400. The fourth-order valence-electron chi connectivity index (χ4n) is 2.75. The first-order chi connectivity index (χ1) is 14.1. The maximum absolute atomic E-state index is 10.2. The number of aliphatic hydroxyl groups is 1. The van der Waals surface area contributed by atoms with E-state index in [1.165, 1.54) is 0 Å². The van der Waals surface area contributed by atoms with Crippen LogP contribution in [0.2, 0.25) is 0 Å². The van der Waals surface area contributed by atoms with Crippen molar-refractivity contribution in [1.82, 2.24) is 10.6 Å². The van der Waals surface area contributed by atoms with Gasteiger partial charge >= 0.3 is 0 Å². The molecule has 0 heterocycles. The fourth-order valence-corrected chi connectivity index (χ4v) is 2.75. The van der Waals surface area contributed by atoms with E-state index in [0.29, 0.717) is 32.3 Å². The molecule has 0 aromatic heterocycles. The number of hydrogen-bond acceptors (Lipinski definition) is 4. The third kappa shape index (κ3) is 8.54. The van der Waals surface area contributed by atoms with Crippen LogP contribution in [0.1, 0.15) is 30.5 Å². The minimum Gasteiger partial charge on any atom is -0.494 e. The number of guanidine groups is 1. The van der Waals surface area contributed by atoms with E-state index < -0.39 is 6.10 Å². The smallest absolute Gasteiger partial charge is 0.191 e. The highest BCUT2D eigenvalue weighted by Crippen LogP contribution is 2.21. The van der Waals surface area contributed by atoms with Gasteiger partial charge < -0.3 is 25.2 Å². The molecular formula is C23H33N3O3. The third-order valence-corrected chi connectivity index (χ3v) is 4.20. The molecular weight excluding hydrogens is 366 g/mol. The number of aliphatic hydroxyl groups excluding tert-OH is 1. The summed E-state index contributed by atoms with van der Waals surface area (Å²) >= 11 is 0. The highest BCUT2D eigenvalue weighted by atomic mass is 16.5. The van der Waals surface area contributed by atoms with Gasteiger partial charge in [0.25, 0.3) is 0 Å². The average molecular weight is 400 g/mol. The van der Waals surface area contributed by atoms with Crippen LogP contribution in [-0.4, -0.2) is 43.5 Å². The SMILES string of the molecule is CCNC(=NCc1ccc(C)cc1OCC)NCC(O)COCc1ccccc1. The number of ether oxygens (including phenoxy) is 2. The minimum atomic E-state index is -0.624. The van der Waals surface area contributed by atoms with E-state index in [2.05, 4.69) is 21.7 Å². The van der Waals surface area contributed by atoms with Crippen LogP contribution in [-0.2, 0) is 17.9 Å². The molecule has 6 nitrogen and oxygen atoms in total. The van der Waals surface area contributed by atoms with Crippen LogP contribution in [0.5, 0.6) is 5.75 Å². The predicted molar refractivity (Wildman–Crippen MR) is 117 cm³/mol. The summed E-state index contributed by atoms with van der Waals surface area (Å²) in [6, 6.07) is 16.0. The molecule has 0 radical (unpaired) electrons. The van der Waals surface area contributed by atoms with Crippen LogP contribution >= 0.6 is 0 Å². The average Bonchev–Trinajstić information content (AvgIpc) is 2.72. The maximum atomic E-state index is 10.2. The molecule has 158 valence electrons. The second-order valence-electron chi connectivity index (χ2n) is 6.77. The number of benzene rings is 2. The maximum Gasteiger partial charge on any atom is 0.191 e. The number of nitrogens with zero attached hydrogens (tertiary/aromatic N) is 1. The van der Waals surface area contributed by atoms with Gasteiger partial charge in [0.2, 0.25) is 0 Å². The Kier molecular flexibility index (Phi) is 10.0. The largest absolute Gasteiger partial charge is 0.494 e. The van der Waals surface area contributed by atoms with Crippen molar-refractivity contribution in [2.75, 3.05) is 26.3 Å². The normalized spacial score (nSPS) is 12.5. The van der Waals surface area contributed by atoms with Gasteiger partial charge in [0.1, 0.15) is 5.75 Å². The summed E-state index contributed by atoms with van der Waals surface area (Å²) in [5.41, 5.74) is 3.27. The molecule has 3 N–H and O–H groups in total. The molecule has 2 aromatic carbocycles. The minimum absolute atomic E-state index is 0.258. The summed E-state index contributed by atoms with van der Waals surface area (Å²) < 4.78 is 11.3. The van der Waals surface area contributed by atoms with E-state index in [4.69, 9.17) is 9.47 Å². The Bertz CT molecular complexity index is 750. The second kappa shape index (κ2) is 12.8. The van der Waals surface area contributed by atoms with Crippen molar-refractivity contribution in [2.45, 2.75) is 40.0 Å². The molecule has 0 spiro atoms. The van der Waals surface area contributed by atoms with Gasteiger partial charge in [-0.25, -0.2) is 4.99 Å². The van der Waals surface area contributed by atoms with Crippen LogP contribution in [0.25, 0.3) is 0 Å². The molecule has 6 heteroatoms. The first kappa shape index (κ1) is 22.7. The zero-order valence-electron chi connectivity index (χ0n) is 17.6. The van der Waals surface area contributed by atoms with Gasteiger partial charge in [-0.2, -0.15) is 0 Å². The Balaban J connectivity index is 1.84. The monoisotopic (exact) mass is 399 g/mol. The van der Waals surface area contributed by atoms with Crippen molar-refractivity contribution in [1.29, 1.82) is 0 Å². The molecule has 0 saturated carbocycles. The number of aliphatic imine (C=N–C) groups is 1. The Morgan fingerprint density at radius 2 is 1.90 bits per heavy atom. The van der Waals surface area contributed by atoms with E-state index in [9.17, 15) is 5.11 Å². The summed E-state index contributed by atoms with van der Waals surface area (Å²) in [7, 11) is 0. The lowest BCUT2D eigenvalue weighted by molar-refractivity contribution is 0.0308. The summed E-state index contributed by atoms with van der Waals surface area (Å²) in [5.74, 6) is 1.51. The predicted octanol–water partition coefficient (Wildman–Crippen LogP) is 3.03. The van der Waals surface area contributed by atoms with Crippen LogP contribution in [0.15, 0.2) is 53.5 Å². The molecule has 2 rings (SSSR count). The van der Waals surface area contributed by atoms with Gasteiger partial charge in [-0.1, -0.05) is 42.5 Å². The topological polar surface area (TPSA) is 75.1 Å². The summed E-state index contributed by atoms with van der Waals surface area (Å²) in [6.45, 7) is 8.97. The highest BCUT2D eigenvalue weighted by Gasteiger charge is 2.08. The summed E-state index contributed by atoms with van der Waals surface area (Å²) in [5, 5.41) is 16.6. The van der Waals surface area contributed by atoms with E-state index in [1.807, 2.05) is 63.2 Å². The van der Waals surface area contributed by atoms with E-state index in [0.717, 1.165) is 29.0 Å². The van der Waals surface area contributed by atoms with Crippen LogP contribution in [0.4, 0.5) is 0 Å². The van der Waals surface area contributed by atoms with Gasteiger partial charge in [-0.15, -0.1) is 0 Å². The van der Waals surface area contributed by atoms with Crippen molar-refractivity contribution < 1.29 is 14.6 Å². The number of hydrogen-bond donors (Lipinski definition) is 3. The van der Waals surface area contributed by atoms with Crippen LogP contribution in [0, 0.1) is 6.92 Å². The van der Waals surface area contributed by atoms with E-state index in [1.54, 1.807) is 0 Å². The second-order valence-corrected chi connectivity index (χ2v) is 6.77. The molecule has 0 aliphatic carbocycles. The molecule has 0 saturated heterocycles. The molecule has 0 bridgehead atoms. The number of rotatable bonds is 11. The molecule has 2 aromatic rings. The van der Waals surface area contributed by atoms with E-state index >= 15 is 0 Å². The van der Waals surface area contributed by atoms with Gasteiger partial charge in [0.15, 0.2) is 5.96 Å². The molecule has 0 aliphatic rings. The van der Waals surface area contributed by atoms with Crippen molar-refractivity contribution in [3.05, 3.63) is 65.2 Å². The standard InChI is InChI=1S/C23H33N3O3/c1-4-24-23(25-14-20-12-11-18(3)13-22(20)29-5-2)26-15-21(27)17-28-16-19-9-7-6-8-10-19/h6-13,21,27H,4-5,14-17H2,1-3H3,(H2,24,25,26). The molecule has 1 atom stereocenters. The molecule has 0 amide bonds. The Labute approximate surface area is 174 Å². The van der Waals surface area contributed by atoms with Crippen molar-refractivity contribution in [2.24, 2.45) is 4.99 Å². The zero-order chi connectivity index (χ0) is 20.9. The van der Waals surface area contributed by atoms with Crippen LogP contribution in [0.3, 0.4) is 0 Å². The number of nitrogens with one attached hydrogen (secondary N) is 2. The lowest BCUT2D eigenvalue weighted by Crippen LogP contribution is -2.42. The van der Waals surface area contributed by atoms with E-state index in [-0.39, 0.29) is 6.61 Å². The first-order valence-electron chi connectivity index (χ1n) is 10.2. The Hall–Kier alpha value is -2.57.